The van der Waals surface area contributed by atoms with E-state index >= 15 is 0 Å². The number of rotatable bonds is 9. The summed E-state index contributed by atoms with van der Waals surface area (Å²) in [5.74, 6) is -0.562. The molecule has 1 saturated heterocycles. The number of hydrogen-bond acceptors (Lipinski definition) is 6. The lowest BCUT2D eigenvalue weighted by Crippen LogP contribution is -2.60. The number of nitrogens with one attached hydrogen (secondary N) is 2. The summed E-state index contributed by atoms with van der Waals surface area (Å²) in [4.78, 5) is 38.6. The molecule has 2 amide bonds. The molecule has 2 N–H and O–H groups in total. The second kappa shape index (κ2) is 12.6. The number of carbonyl (C=O) groups is 3. The van der Waals surface area contributed by atoms with Crippen LogP contribution < -0.4 is 15.4 Å². The average molecular weight is 514 g/mol. The molecule has 0 aromatic heterocycles. The number of thiocarbonyl (C=S) groups is 1. The summed E-state index contributed by atoms with van der Waals surface area (Å²) in [5, 5.41) is 5.46. The molecule has 1 heterocycles. The highest BCUT2D eigenvalue weighted by atomic mass is 79.9. The summed E-state index contributed by atoms with van der Waals surface area (Å²) in [5.41, 5.74) is 0.387. The zero-order valence-electron chi connectivity index (χ0n) is 17.7. The van der Waals surface area contributed by atoms with Gasteiger partial charge in [0.15, 0.2) is 5.11 Å². The lowest BCUT2D eigenvalue weighted by Gasteiger charge is -2.36. The van der Waals surface area contributed by atoms with Gasteiger partial charge in [-0.25, -0.2) is 0 Å². The van der Waals surface area contributed by atoms with E-state index in [1.807, 2.05) is 6.92 Å². The van der Waals surface area contributed by atoms with Gasteiger partial charge in [-0.1, -0.05) is 20.3 Å². The van der Waals surface area contributed by atoms with Gasteiger partial charge in [0.25, 0.3) is 5.91 Å². The van der Waals surface area contributed by atoms with Crippen molar-refractivity contribution in [3.05, 3.63) is 28.2 Å². The standard InChI is InChI=1S/C21H28BrN3O5S/c1-3-5-11-29-17-7-6-14(12-15(17)22)19(27)24-21(31)25-9-8-23-20(28)16(25)13-18(26)30-10-4-2/h6-7,12,16H,3-5,8-11,13H2,1-2H3,(H,23,28)(H,24,27,31). The van der Waals surface area contributed by atoms with Crippen molar-refractivity contribution in [3.63, 3.8) is 0 Å². The summed E-state index contributed by atoms with van der Waals surface area (Å²) >= 11 is 8.80. The molecule has 0 radical (unpaired) electrons. The predicted molar refractivity (Wildman–Crippen MR) is 124 cm³/mol. The van der Waals surface area contributed by atoms with Gasteiger partial charge in [-0.2, -0.15) is 0 Å². The normalized spacial score (nSPS) is 15.8. The number of piperazine rings is 1. The first kappa shape index (κ1) is 25.1. The summed E-state index contributed by atoms with van der Waals surface area (Å²) in [6.07, 6.45) is 2.52. The van der Waals surface area contributed by atoms with Crippen LogP contribution in [0.2, 0.25) is 0 Å². The molecular formula is C21H28BrN3O5S. The third-order valence-corrected chi connectivity index (χ3v) is 5.55. The Morgan fingerprint density at radius 1 is 1.29 bits per heavy atom. The topological polar surface area (TPSA) is 97.0 Å². The maximum absolute atomic E-state index is 12.7. The molecule has 1 aliphatic rings. The molecular weight excluding hydrogens is 486 g/mol. The molecule has 1 atom stereocenters. The summed E-state index contributed by atoms with van der Waals surface area (Å²) in [6.45, 7) is 5.61. The predicted octanol–water partition coefficient (Wildman–Crippen LogP) is 2.79. The van der Waals surface area contributed by atoms with E-state index in [1.165, 1.54) is 0 Å². The van der Waals surface area contributed by atoms with Crippen LogP contribution >= 0.6 is 28.1 Å². The highest BCUT2D eigenvalue weighted by Gasteiger charge is 2.34. The lowest BCUT2D eigenvalue weighted by atomic mass is 10.1. The van der Waals surface area contributed by atoms with Crippen molar-refractivity contribution in [2.45, 2.75) is 45.6 Å². The number of halogens is 1. The van der Waals surface area contributed by atoms with Crippen LogP contribution in [0.25, 0.3) is 0 Å². The molecule has 0 bridgehead atoms. The Morgan fingerprint density at radius 3 is 2.74 bits per heavy atom. The lowest BCUT2D eigenvalue weighted by molar-refractivity contribution is -0.147. The second-order valence-corrected chi connectivity index (χ2v) is 8.27. The van der Waals surface area contributed by atoms with E-state index in [1.54, 1.807) is 23.1 Å². The van der Waals surface area contributed by atoms with E-state index in [0.29, 0.717) is 48.5 Å². The van der Waals surface area contributed by atoms with Crippen LogP contribution in [-0.2, 0) is 14.3 Å². The number of benzene rings is 1. The van der Waals surface area contributed by atoms with Crippen molar-refractivity contribution in [1.82, 2.24) is 15.5 Å². The van der Waals surface area contributed by atoms with Gasteiger partial charge in [-0.3, -0.25) is 19.7 Å². The number of hydrogen-bond donors (Lipinski definition) is 2. The van der Waals surface area contributed by atoms with Gasteiger partial charge in [0, 0.05) is 18.7 Å². The Bertz CT molecular complexity index is 820. The molecule has 1 fully saturated rings. The molecule has 1 aromatic rings. The Labute approximate surface area is 196 Å². The highest BCUT2D eigenvalue weighted by molar-refractivity contribution is 9.10. The Morgan fingerprint density at radius 2 is 2.06 bits per heavy atom. The maximum Gasteiger partial charge on any atom is 0.308 e. The molecule has 10 heteroatoms. The number of esters is 1. The monoisotopic (exact) mass is 513 g/mol. The van der Waals surface area contributed by atoms with E-state index in [2.05, 4.69) is 33.5 Å². The molecule has 0 aliphatic carbocycles. The van der Waals surface area contributed by atoms with E-state index in [9.17, 15) is 14.4 Å². The van der Waals surface area contributed by atoms with Gasteiger partial charge in [0.1, 0.15) is 11.8 Å². The molecule has 1 aliphatic heterocycles. The van der Waals surface area contributed by atoms with Crippen molar-refractivity contribution in [2.24, 2.45) is 0 Å². The van der Waals surface area contributed by atoms with Crippen molar-refractivity contribution in [2.75, 3.05) is 26.3 Å². The quantitative estimate of drug-likeness (QED) is 0.297. The fraction of sp³-hybridized carbons (Fsp3) is 0.524. The smallest absolute Gasteiger partial charge is 0.308 e. The van der Waals surface area contributed by atoms with Crippen LogP contribution in [0.3, 0.4) is 0 Å². The molecule has 170 valence electrons. The van der Waals surface area contributed by atoms with Gasteiger partial charge in [0.2, 0.25) is 5.91 Å². The fourth-order valence-corrected chi connectivity index (χ4v) is 3.72. The highest BCUT2D eigenvalue weighted by Crippen LogP contribution is 2.26. The van der Waals surface area contributed by atoms with Crippen LogP contribution in [0.5, 0.6) is 5.75 Å². The molecule has 0 spiro atoms. The fourth-order valence-electron chi connectivity index (χ4n) is 2.92. The van der Waals surface area contributed by atoms with Crippen LogP contribution in [0.4, 0.5) is 0 Å². The van der Waals surface area contributed by atoms with E-state index in [4.69, 9.17) is 21.7 Å². The van der Waals surface area contributed by atoms with Crippen molar-refractivity contribution in [1.29, 1.82) is 0 Å². The summed E-state index contributed by atoms with van der Waals surface area (Å²) < 4.78 is 11.4. The van der Waals surface area contributed by atoms with Gasteiger partial charge < -0.3 is 19.7 Å². The minimum absolute atomic E-state index is 0.0903. The van der Waals surface area contributed by atoms with Crippen molar-refractivity contribution < 1.29 is 23.9 Å². The Hall–Kier alpha value is -2.20. The maximum atomic E-state index is 12.7. The van der Waals surface area contributed by atoms with Crippen LogP contribution in [-0.4, -0.2) is 60.1 Å². The van der Waals surface area contributed by atoms with E-state index < -0.39 is 17.9 Å². The van der Waals surface area contributed by atoms with Crippen LogP contribution in [0.1, 0.15) is 49.9 Å². The van der Waals surface area contributed by atoms with Crippen LogP contribution in [0.15, 0.2) is 22.7 Å². The Kier molecular flexibility index (Phi) is 10.2. The first-order valence-electron chi connectivity index (χ1n) is 10.3. The molecule has 2 rings (SSSR count). The largest absolute Gasteiger partial charge is 0.492 e. The van der Waals surface area contributed by atoms with Crippen molar-refractivity contribution in [3.8, 4) is 5.75 Å². The SMILES string of the molecule is CCCCOc1ccc(C(=O)NC(=S)N2CCNC(=O)C2CC(=O)OCCC)cc1Br. The average Bonchev–Trinajstić information content (AvgIpc) is 2.74. The summed E-state index contributed by atoms with van der Waals surface area (Å²) in [6, 6.07) is 4.19. The number of ether oxygens (including phenoxy) is 2. The van der Waals surface area contributed by atoms with Crippen LogP contribution in [0, 0.1) is 0 Å². The zero-order chi connectivity index (χ0) is 22.8. The van der Waals surface area contributed by atoms with Gasteiger partial charge in [0.05, 0.1) is 24.1 Å². The number of unbranched alkanes of at least 4 members (excludes halogenated alkanes) is 1. The third-order valence-electron chi connectivity index (χ3n) is 4.59. The van der Waals surface area contributed by atoms with E-state index in [0.717, 1.165) is 12.8 Å². The second-order valence-electron chi connectivity index (χ2n) is 7.03. The van der Waals surface area contributed by atoms with Gasteiger partial charge >= 0.3 is 5.97 Å². The molecule has 0 saturated carbocycles. The minimum atomic E-state index is -0.827. The first-order chi connectivity index (χ1) is 14.9. The Balaban J connectivity index is 2.02. The van der Waals surface area contributed by atoms with Gasteiger partial charge in [-0.15, -0.1) is 0 Å². The minimum Gasteiger partial charge on any atom is -0.492 e. The molecule has 8 nitrogen and oxygen atoms in total. The number of carbonyl (C=O) groups excluding carboxylic acids is 3. The molecule has 1 aromatic carbocycles. The summed E-state index contributed by atoms with van der Waals surface area (Å²) in [7, 11) is 0. The van der Waals surface area contributed by atoms with Crippen molar-refractivity contribution >= 4 is 51.0 Å². The molecule has 31 heavy (non-hydrogen) atoms. The first-order valence-corrected chi connectivity index (χ1v) is 11.5. The zero-order valence-corrected chi connectivity index (χ0v) is 20.1. The number of amides is 2. The number of nitrogens with zero attached hydrogens (tertiary/aromatic N) is 1. The third kappa shape index (κ3) is 7.46. The van der Waals surface area contributed by atoms with Gasteiger partial charge in [-0.05, 0) is 59.2 Å². The molecule has 1 unspecified atom stereocenters. The van der Waals surface area contributed by atoms with E-state index in [-0.39, 0.29) is 17.4 Å².